The van der Waals surface area contributed by atoms with E-state index < -0.39 is 27.9 Å². The van der Waals surface area contributed by atoms with E-state index >= 15 is 0 Å². The molecule has 1 amide bonds. The molecule has 0 fully saturated rings. The summed E-state index contributed by atoms with van der Waals surface area (Å²) in [6, 6.07) is 13.5. The second-order valence-corrected chi connectivity index (χ2v) is 7.23. The van der Waals surface area contributed by atoms with E-state index in [1.54, 1.807) is 0 Å². The van der Waals surface area contributed by atoms with Crippen LogP contribution in [0.15, 0.2) is 59.5 Å². The summed E-state index contributed by atoms with van der Waals surface area (Å²) < 4.78 is 22.4. The summed E-state index contributed by atoms with van der Waals surface area (Å²) in [6.07, 6.45) is -0.286. The van der Waals surface area contributed by atoms with Crippen molar-refractivity contribution in [2.24, 2.45) is 5.14 Å². The zero-order valence-electron chi connectivity index (χ0n) is 13.8. The molecule has 138 valence electrons. The van der Waals surface area contributed by atoms with Crippen molar-refractivity contribution in [2.45, 2.75) is 23.9 Å². The Morgan fingerprint density at radius 2 is 1.69 bits per heavy atom. The first-order valence-electron chi connectivity index (χ1n) is 7.76. The minimum Gasteiger partial charge on any atom is -0.544 e. The van der Waals surface area contributed by atoms with E-state index in [1.807, 2.05) is 30.3 Å². The molecule has 0 aliphatic rings. The molecule has 26 heavy (non-hydrogen) atoms. The maximum Gasteiger partial charge on any atom is 0.238 e. The summed E-state index contributed by atoms with van der Waals surface area (Å²) in [5.41, 5.74) is 1.26. The van der Waals surface area contributed by atoms with Crippen LogP contribution in [0.5, 0.6) is 0 Å². The van der Waals surface area contributed by atoms with Gasteiger partial charge in [-0.05, 0) is 24.3 Å². The van der Waals surface area contributed by atoms with Crippen LogP contribution >= 0.6 is 0 Å². The zero-order chi connectivity index (χ0) is 19.2. The number of carboxylic acids is 1. The maximum absolute atomic E-state index is 12.1. The van der Waals surface area contributed by atoms with E-state index in [0.29, 0.717) is 12.2 Å². The molecule has 0 unspecified atom stereocenters. The zero-order valence-corrected chi connectivity index (χ0v) is 14.6. The van der Waals surface area contributed by atoms with Gasteiger partial charge in [0.1, 0.15) is 12.6 Å². The van der Waals surface area contributed by atoms with E-state index in [2.05, 4.69) is 5.32 Å². The minimum atomic E-state index is -3.82. The number of carboxylic acid groups (broad SMARTS) is 1. The Hall–Kier alpha value is -2.75. The molecular formula is C17H19N3O5S. The topological polar surface area (TPSA) is 146 Å². The van der Waals surface area contributed by atoms with Crippen LogP contribution in [0, 0.1) is 0 Å². The summed E-state index contributed by atoms with van der Waals surface area (Å²) in [6.45, 7) is 0.399. The van der Waals surface area contributed by atoms with Gasteiger partial charge in [-0.25, -0.2) is 13.6 Å². The van der Waals surface area contributed by atoms with E-state index in [4.69, 9.17) is 5.14 Å². The van der Waals surface area contributed by atoms with Crippen molar-refractivity contribution >= 4 is 27.6 Å². The Morgan fingerprint density at radius 3 is 2.23 bits per heavy atom. The number of sulfonamides is 1. The SMILES string of the molecule is NS(=O)(=O)c1ccc(NC(=O)C[C@@H]([NH2+]Cc2ccccc2)C(=O)[O-])cc1. The molecule has 0 aromatic heterocycles. The van der Waals surface area contributed by atoms with Crippen molar-refractivity contribution in [3.05, 3.63) is 60.2 Å². The lowest BCUT2D eigenvalue weighted by atomic mass is 10.1. The molecule has 0 radical (unpaired) electrons. The molecule has 2 aromatic rings. The number of anilines is 1. The fourth-order valence-corrected chi connectivity index (χ4v) is 2.81. The second-order valence-electron chi connectivity index (χ2n) is 5.67. The quantitative estimate of drug-likeness (QED) is 0.515. The Kier molecular flexibility index (Phi) is 6.45. The van der Waals surface area contributed by atoms with Gasteiger partial charge in [-0.2, -0.15) is 0 Å². The number of benzene rings is 2. The summed E-state index contributed by atoms with van der Waals surface area (Å²) in [5, 5.41) is 20.3. The van der Waals surface area contributed by atoms with E-state index in [0.717, 1.165) is 5.56 Å². The molecule has 0 heterocycles. The van der Waals surface area contributed by atoms with Crippen LogP contribution in [0.3, 0.4) is 0 Å². The van der Waals surface area contributed by atoms with Crippen molar-refractivity contribution in [3.8, 4) is 0 Å². The van der Waals surface area contributed by atoms with Gasteiger partial charge in [-0.15, -0.1) is 0 Å². The van der Waals surface area contributed by atoms with Gasteiger partial charge in [0, 0.05) is 11.3 Å². The largest absolute Gasteiger partial charge is 0.544 e. The van der Waals surface area contributed by atoms with Gasteiger partial charge in [-0.1, -0.05) is 30.3 Å². The van der Waals surface area contributed by atoms with Crippen LogP contribution in [-0.2, 0) is 26.2 Å². The molecule has 1 atom stereocenters. The first kappa shape index (κ1) is 19.6. The third-order valence-electron chi connectivity index (χ3n) is 3.66. The molecule has 0 spiro atoms. The van der Waals surface area contributed by atoms with Crippen molar-refractivity contribution in [1.29, 1.82) is 0 Å². The highest BCUT2D eigenvalue weighted by molar-refractivity contribution is 7.89. The highest BCUT2D eigenvalue weighted by atomic mass is 32.2. The fraction of sp³-hybridized carbons (Fsp3) is 0.176. The molecular weight excluding hydrogens is 358 g/mol. The van der Waals surface area contributed by atoms with Crippen LogP contribution in [0.4, 0.5) is 5.69 Å². The van der Waals surface area contributed by atoms with Gasteiger partial charge >= 0.3 is 0 Å². The van der Waals surface area contributed by atoms with Crippen LogP contribution in [0.25, 0.3) is 0 Å². The third kappa shape index (κ3) is 5.96. The maximum atomic E-state index is 12.1. The highest BCUT2D eigenvalue weighted by Crippen LogP contribution is 2.13. The van der Waals surface area contributed by atoms with Crippen LogP contribution in [-0.4, -0.2) is 26.3 Å². The number of aliphatic carboxylic acids is 1. The summed E-state index contributed by atoms with van der Waals surface area (Å²) >= 11 is 0. The van der Waals surface area contributed by atoms with E-state index in [1.165, 1.54) is 29.6 Å². The third-order valence-corrected chi connectivity index (χ3v) is 4.58. The van der Waals surface area contributed by atoms with E-state index in [9.17, 15) is 23.1 Å². The fourth-order valence-electron chi connectivity index (χ4n) is 2.30. The smallest absolute Gasteiger partial charge is 0.238 e. The van der Waals surface area contributed by atoms with Crippen LogP contribution in [0.1, 0.15) is 12.0 Å². The van der Waals surface area contributed by atoms with Crippen molar-refractivity contribution in [1.82, 2.24) is 0 Å². The molecule has 0 bridgehead atoms. The van der Waals surface area contributed by atoms with Gasteiger partial charge in [-0.3, -0.25) is 4.79 Å². The van der Waals surface area contributed by atoms with E-state index in [-0.39, 0.29) is 11.3 Å². The molecule has 0 aliphatic carbocycles. The minimum absolute atomic E-state index is 0.0840. The highest BCUT2D eigenvalue weighted by Gasteiger charge is 2.18. The molecule has 2 rings (SSSR count). The van der Waals surface area contributed by atoms with Gasteiger partial charge in [0.2, 0.25) is 15.9 Å². The molecule has 2 aromatic carbocycles. The number of nitrogens with two attached hydrogens (primary N) is 2. The lowest BCUT2D eigenvalue weighted by molar-refractivity contribution is -0.697. The predicted molar refractivity (Wildman–Crippen MR) is 91.9 cm³/mol. The number of amides is 1. The van der Waals surface area contributed by atoms with Crippen LogP contribution in [0.2, 0.25) is 0 Å². The lowest BCUT2D eigenvalue weighted by Gasteiger charge is -2.16. The number of rotatable bonds is 8. The van der Waals surface area contributed by atoms with Crippen LogP contribution < -0.4 is 20.9 Å². The summed E-state index contributed by atoms with van der Waals surface area (Å²) in [5.74, 6) is -1.85. The van der Waals surface area contributed by atoms with Crippen molar-refractivity contribution in [3.63, 3.8) is 0 Å². The Morgan fingerprint density at radius 1 is 1.08 bits per heavy atom. The average Bonchev–Trinajstić information content (AvgIpc) is 2.59. The summed E-state index contributed by atoms with van der Waals surface area (Å²) in [7, 11) is -3.82. The first-order chi connectivity index (χ1) is 12.3. The number of hydrogen-bond donors (Lipinski definition) is 3. The molecule has 0 saturated carbocycles. The number of primary sulfonamides is 1. The Bertz CT molecular complexity index is 867. The molecule has 9 heteroatoms. The molecule has 0 saturated heterocycles. The van der Waals surface area contributed by atoms with Crippen molar-refractivity contribution in [2.75, 3.05) is 5.32 Å². The standard InChI is InChI=1S/C17H19N3O5S/c18-26(24,25)14-8-6-13(7-9-14)20-16(21)10-15(17(22)23)19-11-12-4-2-1-3-5-12/h1-9,15,19H,10-11H2,(H,20,21)(H,22,23)(H2,18,24,25)/t15-/m1/s1. The number of carbonyl (C=O) groups is 2. The summed E-state index contributed by atoms with van der Waals surface area (Å²) in [4.78, 5) is 23.2. The lowest BCUT2D eigenvalue weighted by Crippen LogP contribution is -2.92. The normalized spacial score (nSPS) is 12.3. The van der Waals surface area contributed by atoms with Gasteiger partial charge in [0.25, 0.3) is 0 Å². The Balaban J connectivity index is 1.94. The molecule has 8 nitrogen and oxygen atoms in total. The molecule has 5 N–H and O–H groups in total. The van der Waals surface area contributed by atoms with Gasteiger partial charge < -0.3 is 20.5 Å². The number of hydrogen-bond acceptors (Lipinski definition) is 5. The number of quaternary nitrogens is 1. The van der Waals surface area contributed by atoms with Gasteiger partial charge in [0.05, 0.1) is 17.3 Å². The number of nitrogens with one attached hydrogen (secondary N) is 1. The van der Waals surface area contributed by atoms with Crippen molar-refractivity contribution < 1.29 is 28.4 Å². The predicted octanol–water partition coefficient (Wildman–Crippen LogP) is -1.46. The van der Waals surface area contributed by atoms with Gasteiger partial charge in [0.15, 0.2) is 0 Å². The average molecular weight is 377 g/mol. The Labute approximate surface area is 151 Å². The number of carbonyl (C=O) groups excluding carboxylic acids is 2. The molecule has 0 aliphatic heterocycles. The first-order valence-corrected chi connectivity index (χ1v) is 9.31. The monoisotopic (exact) mass is 377 g/mol. The second kappa shape index (κ2) is 8.56.